The lowest BCUT2D eigenvalue weighted by atomic mass is 10.2. The first-order chi connectivity index (χ1) is 4.86. The first-order valence-electron chi connectivity index (χ1n) is 3.17. The number of fused-ring (bicyclic) bond motifs is 4. The Labute approximate surface area is 56.7 Å². The molecule has 2 heterocycles. The Hall–Kier alpha value is -1.31. The Morgan fingerprint density at radius 1 is 1.30 bits per heavy atom. The molecular weight excluding hydrogens is 129 g/mol. The van der Waals surface area contributed by atoms with E-state index in [9.17, 15) is 4.39 Å². The van der Waals surface area contributed by atoms with Gasteiger partial charge in [0.15, 0.2) is 0 Å². The molecule has 0 aliphatic carbocycles. The van der Waals surface area contributed by atoms with E-state index in [4.69, 9.17) is 0 Å². The van der Waals surface area contributed by atoms with Crippen LogP contribution < -0.4 is 0 Å². The van der Waals surface area contributed by atoms with Crippen LogP contribution in [-0.2, 0) is 0 Å². The average molecular weight is 133 g/mol. The largest absolute Gasteiger partial charge is 0.312 e. The van der Waals surface area contributed by atoms with Crippen molar-refractivity contribution >= 4 is 10.9 Å². The predicted octanol–water partition coefficient (Wildman–Crippen LogP) is 2.08. The standard InChI is InChI=1S/C8H4FN/c9-5-1-2-7-6(3-5)8-4-10(7)8/h1-4H. The molecule has 48 valence electrons. The number of hydrogen-bond donors (Lipinski definition) is 0. The van der Waals surface area contributed by atoms with Gasteiger partial charge >= 0.3 is 0 Å². The van der Waals surface area contributed by atoms with E-state index in [0.717, 1.165) is 10.9 Å². The van der Waals surface area contributed by atoms with Crippen molar-refractivity contribution in [2.45, 2.75) is 0 Å². The van der Waals surface area contributed by atoms with Gasteiger partial charge in [-0.1, -0.05) is 0 Å². The van der Waals surface area contributed by atoms with Crippen molar-refractivity contribution in [3.05, 3.63) is 30.2 Å². The highest BCUT2D eigenvalue weighted by molar-refractivity contribution is 6.00. The molecule has 0 amide bonds. The molecule has 1 nitrogen and oxygen atoms in total. The average Bonchev–Trinajstić information content (AvgIpc) is 2.60. The fourth-order valence-corrected chi connectivity index (χ4v) is 1.36. The van der Waals surface area contributed by atoms with Crippen molar-refractivity contribution in [3.63, 3.8) is 0 Å². The van der Waals surface area contributed by atoms with E-state index in [1.165, 1.54) is 11.8 Å². The molecule has 10 heavy (non-hydrogen) atoms. The summed E-state index contributed by atoms with van der Waals surface area (Å²) >= 11 is 0. The molecule has 0 radical (unpaired) electrons. The van der Waals surface area contributed by atoms with Gasteiger partial charge in [0.25, 0.3) is 0 Å². The second-order valence-electron chi connectivity index (χ2n) is 2.55. The summed E-state index contributed by atoms with van der Waals surface area (Å²) < 4.78 is 14.6. The van der Waals surface area contributed by atoms with Gasteiger partial charge in [-0.25, -0.2) is 4.39 Å². The first kappa shape index (κ1) is 4.50. The lowest BCUT2D eigenvalue weighted by Gasteiger charge is -2.03. The topological polar surface area (TPSA) is 4.93 Å². The van der Waals surface area contributed by atoms with E-state index in [1.807, 2.05) is 6.20 Å². The second kappa shape index (κ2) is 1.10. The predicted molar refractivity (Wildman–Crippen MR) is 36.8 cm³/mol. The van der Waals surface area contributed by atoms with E-state index in [0.29, 0.717) is 0 Å². The molecule has 0 spiro atoms. The van der Waals surface area contributed by atoms with Crippen LogP contribution >= 0.6 is 0 Å². The number of halogens is 1. The number of hydrogen-bond acceptors (Lipinski definition) is 0. The maximum Gasteiger partial charge on any atom is 0.124 e. The normalized spacial score (nSPS) is 12.5. The number of aromatic nitrogens is 1. The van der Waals surface area contributed by atoms with Crippen LogP contribution in [0.4, 0.5) is 4.39 Å². The fraction of sp³-hybridized carbons (Fsp3) is 0. The van der Waals surface area contributed by atoms with Crippen molar-refractivity contribution < 1.29 is 4.39 Å². The third-order valence-electron chi connectivity index (χ3n) is 1.94. The number of rotatable bonds is 0. The lowest BCUT2D eigenvalue weighted by Crippen LogP contribution is -1.87. The quantitative estimate of drug-likeness (QED) is 0.442. The van der Waals surface area contributed by atoms with Crippen molar-refractivity contribution in [3.8, 4) is 5.69 Å². The van der Waals surface area contributed by atoms with Gasteiger partial charge < -0.3 is 4.57 Å². The van der Waals surface area contributed by atoms with Gasteiger partial charge in [-0.05, 0) is 18.2 Å². The van der Waals surface area contributed by atoms with E-state index < -0.39 is 0 Å². The second-order valence-corrected chi connectivity index (χ2v) is 2.55. The minimum atomic E-state index is -0.147. The van der Waals surface area contributed by atoms with Crippen molar-refractivity contribution in [2.75, 3.05) is 0 Å². The van der Waals surface area contributed by atoms with Gasteiger partial charge in [0, 0.05) is 11.6 Å². The molecular formula is C8H4FN. The van der Waals surface area contributed by atoms with Crippen molar-refractivity contribution in [1.29, 1.82) is 0 Å². The zero-order valence-electron chi connectivity index (χ0n) is 5.13. The Morgan fingerprint density at radius 2 is 2.20 bits per heavy atom. The molecule has 0 aromatic heterocycles. The van der Waals surface area contributed by atoms with Crippen LogP contribution in [0.1, 0.15) is 0 Å². The van der Waals surface area contributed by atoms with Crippen LogP contribution in [0.25, 0.3) is 16.6 Å². The zero-order valence-corrected chi connectivity index (χ0v) is 5.13. The Morgan fingerprint density at radius 3 is 3.10 bits per heavy atom. The highest BCUT2D eigenvalue weighted by Gasteiger charge is 2.21. The molecule has 1 aromatic rings. The number of benzene rings is 1. The van der Waals surface area contributed by atoms with Gasteiger partial charge in [0.1, 0.15) is 5.82 Å². The third-order valence-corrected chi connectivity index (χ3v) is 1.94. The van der Waals surface area contributed by atoms with E-state index in [2.05, 4.69) is 4.57 Å². The van der Waals surface area contributed by atoms with Crippen LogP contribution in [0.3, 0.4) is 0 Å². The maximum absolute atomic E-state index is 12.5. The van der Waals surface area contributed by atoms with E-state index in [1.54, 1.807) is 12.1 Å². The minimum Gasteiger partial charge on any atom is -0.312 e. The molecule has 0 saturated heterocycles. The summed E-state index contributed by atoms with van der Waals surface area (Å²) in [5, 5.41) is 1.06. The Bertz CT molecular complexity index is 428. The third kappa shape index (κ3) is 0.328. The van der Waals surface area contributed by atoms with Crippen molar-refractivity contribution in [2.24, 2.45) is 0 Å². The van der Waals surface area contributed by atoms with Crippen LogP contribution in [0.15, 0.2) is 24.4 Å². The molecule has 0 atom stereocenters. The SMILES string of the molecule is Fc1ccc2c(c1)c1cn2-1. The van der Waals surface area contributed by atoms with E-state index >= 15 is 0 Å². The van der Waals surface area contributed by atoms with E-state index in [-0.39, 0.29) is 5.82 Å². The monoisotopic (exact) mass is 133 g/mol. The summed E-state index contributed by atoms with van der Waals surface area (Å²) in [4.78, 5) is 0. The fourth-order valence-electron chi connectivity index (χ4n) is 1.36. The molecule has 0 fully saturated rings. The Kier molecular flexibility index (Phi) is 0.495. The molecule has 0 N–H and O–H groups in total. The van der Waals surface area contributed by atoms with Crippen LogP contribution in [0.5, 0.6) is 0 Å². The zero-order chi connectivity index (χ0) is 6.72. The molecule has 2 heteroatoms. The molecule has 0 saturated carbocycles. The summed E-state index contributed by atoms with van der Waals surface area (Å²) in [7, 11) is 0. The molecule has 3 rings (SSSR count). The van der Waals surface area contributed by atoms with Gasteiger partial charge in [0.2, 0.25) is 0 Å². The molecule has 2 aliphatic heterocycles. The van der Waals surface area contributed by atoms with Crippen LogP contribution in [0, 0.1) is 5.82 Å². The Balaban J connectivity index is 2.55. The van der Waals surface area contributed by atoms with Gasteiger partial charge in [-0.15, -0.1) is 0 Å². The lowest BCUT2D eigenvalue weighted by molar-refractivity contribution is 0.629. The summed E-state index contributed by atoms with van der Waals surface area (Å²) in [6.45, 7) is 0. The molecule has 0 unspecified atom stereocenters. The highest BCUT2D eigenvalue weighted by Crippen LogP contribution is 2.38. The summed E-state index contributed by atoms with van der Waals surface area (Å²) in [5.41, 5.74) is 2.31. The van der Waals surface area contributed by atoms with Crippen LogP contribution in [0.2, 0.25) is 0 Å². The molecule has 0 bridgehead atoms. The molecule has 1 aromatic carbocycles. The summed E-state index contributed by atoms with van der Waals surface area (Å²) in [6, 6.07) is 4.87. The van der Waals surface area contributed by atoms with Gasteiger partial charge in [-0.2, -0.15) is 0 Å². The molecule has 2 aliphatic rings. The van der Waals surface area contributed by atoms with Crippen molar-refractivity contribution in [1.82, 2.24) is 4.57 Å². The highest BCUT2D eigenvalue weighted by atomic mass is 19.1. The van der Waals surface area contributed by atoms with Gasteiger partial charge in [0.05, 0.1) is 11.2 Å². The van der Waals surface area contributed by atoms with Crippen LogP contribution in [-0.4, -0.2) is 4.57 Å². The summed E-state index contributed by atoms with van der Waals surface area (Å²) in [5.74, 6) is -0.147. The maximum atomic E-state index is 12.5. The van der Waals surface area contributed by atoms with Gasteiger partial charge in [-0.3, -0.25) is 0 Å². The first-order valence-corrected chi connectivity index (χ1v) is 3.17. The number of nitrogens with zero attached hydrogens (tertiary/aromatic N) is 1. The summed E-state index contributed by atoms with van der Waals surface area (Å²) in [6.07, 6.45) is 2.00. The minimum absolute atomic E-state index is 0.147. The smallest absolute Gasteiger partial charge is 0.124 e.